The maximum absolute atomic E-state index is 12.5. The number of anilines is 1. The number of nitrogens with zero attached hydrogens (tertiary/aromatic N) is 3. The molecule has 8 heteroatoms. The third kappa shape index (κ3) is 3.99. The summed E-state index contributed by atoms with van der Waals surface area (Å²) in [7, 11) is -3.35. The monoisotopic (exact) mass is 498 g/mol. The molecule has 0 amide bonds. The van der Waals surface area contributed by atoms with Gasteiger partial charge in [-0.3, -0.25) is 4.72 Å². The van der Waals surface area contributed by atoms with E-state index in [0.29, 0.717) is 17.5 Å². The molecule has 0 aliphatic heterocycles. The normalized spacial score (nSPS) is 16.2. The zero-order valence-corrected chi connectivity index (χ0v) is 20.5. The SMILES string of the molecule is C#Cc1c(-c2ccc(NS(=O)(=O)C3CCC3)cc2)n(C2CCC2)c2cc(Oc3ncccn3)ccc12. The van der Waals surface area contributed by atoms with Crippen molar-refractivity contribution in [3.8, 4) is 35.4 Å². The highest BCUT2D eigenvalue weighted by atomic mass is 32.2. The van der Waals surface area contributed by atoms with Gasteiger partial charge in [0.1, 0.15) is 5.75 Å². The van der Waals surface area contributed by atoms with Crippen molar-refractivity contribution in [2.24, 2.45) is 0 Å². The summed E-state index contributed by atoms with van der Waals surface area (Å²) >= 11 is 0. The van der Waals surface area contributed by atoms with E-state index in [1.165, 1.54) is 6.42 Å². The van der Waals surface area contributed by atoms with Gasteiger partial charge in [0.15, 0.2) is 0 Å². The van der Waals surface area contributed by atoms with Crippen molar-refractivity contribution in [1.82, 2.24) is 14.5 Å². The van der Waals surface area contributed by atoms with Crippen molar-refractivity contribution < 1.29 is 13.2 Å². The van der Waals surface area contributed by atoms with Crippen molar-refractivity contribution in [2.45, 2.75) is 49.8 Å². The van der Waals surface area contributed by atoms with Crippen LogP contribution in [0.25, 0.3) is 22.2 Å². The van der Waals surface area contributed by atoms with E-state index in [1.807, 2.05) is 42.5 Å². The third-order valence-corrected chi connectivity index (χ3v) is 9.09. The van der Waals surface area contributed by atoms with Gasteiger partial charge in [-0.1, -0.05) is 24.5 Å². The summed E-state index contributed by atoms with van der Waals surface area (Å²) in [5.41, 5.74) is 4.32. The lowest BCUT2D eigenvalue weighted by atomic mass is 9.92. The molecule has 2 heterocycles. The van der Waals surface area contributed by atoms with Gasteiger partial charge >= 0.3 is 6.01 Å². The molecule has 0 atom stereocenters. The molecular weight excluding hydrogens is 472 g/mol. The Bertz CT molecular complexity index is 1560. The summed E-state index contributed by atoms with van der Waals surface area (Å²) in [6.07, 6.45) is 15.1. The summed E-state index contributed by atoms with van der Waals surface area (Å²) in [6.45, 7) is 0. The van der Waals surface area contributed by atoms with Crippen LogP contribution in [0.3, 0.4) is 0 Å². The molecule has 2 aliphatic carbocycles. The van der Waals surface area contributed by atoms with E-state index in [2.05, 4.69) is 25.2 Å². The van der Waals surface area contributed by atoms with Gasteiger partial charge in [0, 0.05) is 35.6 Å². The van der Waals surface area contributed by atoms with Gasteiger partial charge < -0.3 is 9.30 Å². The Balaban J connectivity index is 1.41. The molecule has 2 fully saturated rings. The Morgan fingerprint density at radius 3 is 2.33 bits per heavy atom. The Morgan fingerprint density at radius 2 is 1.72 bits per heavy atom. The van der Waals surface area contributed by atoms with Gasteiger partial charge in [-0.25, -0.2) is 18.4 Å². The molecule has 6 rings (SSSR count). The van der Waals surface area contributed by atoms with E-state index in [9.17, 15) is 8.42 Å². The smallest absolute Gasteiger partial charge is 0.321 e. The number of fused-ring (bicyclic) bond motifs is 1. The molecule has 2 aromatic carbocycles. The number of terminal acetylenes is 1. The van der Waals surface area contributed by atoms with Crippen LogP contribution in [0.5, 0.6) is 11.8 Å². The van der Waals surface area contributed by atoms with E-state index in [0.717, 1.165) is 59.8 Å². The highest BCUT2D eigenvalue weighted by Gasteiger charge is 2.31. The summed E-state index contributed by atoms with van der Waals surface area (Å²) in [5.74, 6) is 3.56. The van der Waals surface area contributed by atoms with Crippen LogP contribution >= 0.6 is 0 Å². The van der Waals surface area contributed by atoms with Crippen molar-refractivity contribution >= 4 is 26.6 Å². The van der Waals surface area contributed by atoms with Crippen molar-refractivity contribution in [3.05, 3.63) is 66.5 Å². The second kappa shape index (κ2) is 8.99. The molecule has 2 aliphatic rings. The Morgan fingerprint density at radius 1 is 1.00 bits per heavy atom. The molecule has 182 valence electrons. The fraction of sp³-hybridized carbons (Fsp3) is 0.286. The van der Waals surface area contributed by atoms with Gasteiger partial charge in [0.25, 0.3) is 0 Å². The second-order valence-corrected chi connectivity index (χ2v) is 11.4. The van der Waals surface area contributed by atoms with Crippen LogP contribution in [0, 0.1) is 12.3 Å². The van der Waals surface area contributed by atoms with Crippen molar-refractivity contribution in [1.29, 1.82) is 0 Å². The summed E-state index contributed by atoms with van der Waals surface area (Å²) in [5, 5.41) is 0.694. The molecule has 4 aromatic rings. The summed E-state index contributed by atoms with van der Waals surface area (Å²) in [6, 6.07) is 15.8. The Kier molecular flexibility index (Phi) is 5.65. The molecule has 36 heavy (non-hydrogen) atoms. The van der Waals surface area contributed by atoms with Crippen LogP contribution in [-0.4, -0.2) is 28.2 Å². The van der Waals surface area contributed by atoms with E-state index in [4.69, 9.17) is 11.2 Å². The lowest BCUT2D eigenvalue weighted by Crippen LogP contribution is -2.33. The first-order valence-electron chi connectivity index (χ1n) is 12.2. The highest BCUT2D eigenvalue weighted by molar-refractivity contribution is 7.93. The van der Waals surface area contributed by atoms with Gasteiger partial charge in [0.05, 0.1) is 22.0 Å². The van der Waals surface area contributed by atoms with E-state index < -0.39 is 10.0 Å². The lowest BCUT2D eigenvalue weighted by Gasteiger charge is -2.30. The average Bonchev–Trinajstić information content (AvgIpc) is 3.11. The zero-order valence-electron chi connectivity index (χ0n) is 19.7. The lowest BCUT2D eigenvalue weighted by molar-refractivity contribution is 0.324. The number of aromatic nitrogens is 3. The second-order valence-electron chi connectivity index (χ2n) is 9.41. The number of hydrogen-bond acceptors (Lipinski definition) is 5. The maximum atomic E-state index is 12.5. The fourth-order valence-corrected chi connectivity index (χ4v) is 6.46. The topological polar surface area (TPSA) is 86.1 Å². The molecule has 0 saturated heterocycles. The quantitative estimate of drug-likeness (QED) is 0.321. The highest BCUT2D eigenvalue weighted by Crippen LogP contribution is 2.43. The molecule has 1 N–H and O–H groups in total. The van der Waals surface area contributed by atoms with E-state index >= 15 is 0 Å². The van der Waals surface area contributed by atoms with Crippen LogP contribution < -0.4 is 9.46 Å². The molecule has 2 aromatic heterocycles. The van der Waals surface area contributed by atoms with E-state index in [1.54, 1.807) is 18.5 Å². The third-order valence-electron chi connectivity index (χ3n) is 7.22. The largest absolute Gasteiger partial charge is 0.424 e. The maximum Gasteiger partial charge on any atom is 0.321 e. The van der Waals surface area contributed by atoms with Crippen LogP contribution in [0.4, 0.5) is 5.69 Å². The molecule has 0 spiro atoms. The molecule has 2 saturated carbocycles. The van der Waals surface area contributed by atoms with E-state index in [-0.39, 0.29) is 11.3 Å². The van der Waals surface area contributed by atoms with Gasteiger partial charge in [-0.15, -0.1) is 6.42 Å². The minimum absolute atomic E-state index is 0.288. The van der Waals surface area contributed by atoms with Crippen LogP contribution in [0.2, 0.25) is 0 Å². The Hall–Kier alpha value is -3.83. The number of nitrogens with one attached hydrogen (secondary N) is 1. The van der Waals surface area contributed by atoms with Crippen LogP contribution in [0.15, 0.2) is 60.9 Å². The van der Waals surface area contributed by atoms with Crippen molar-refractivity contribution in [3.63, 3.8) is 0 Å². The first-order valence-corrected chi connectivity index (χ1v) is 13.8. The molecular formula is C28H26N4O3S. The summed E-state index contributed by atoms with van der Waals surface area (Å²) < 4.78 is 36.1. The predicted molar refractivity (Wildman–Crippen MR) is 140 cm³/mol. The number of benzene rings is 2. The molecule has 0 bridgehead atoms. The number of ether oxygens (including phenoxy) is 1. The van der Waals surface area contributed by atoms with Crippen LogP contribution in [-0.2, 0) is 10.0 Å². The standard InChI is InChI=1S/C28H26N4O3S/c1-2-24-25-15-14-22(35-28-29-16-5-17-30-28)18-26(25)32(21-6-3-7-21)27(24)19-10-12-20(13-11-19)31-36(33,34)23-8-4-9-23/h1,5,10-18,21,23,31H,3-4,6-9H2. The van der Waals surface area contributed by atoms with Gasteiger partial charge in [-0.2, -0.15) is 0 Å². The van der Waals surface area contributed by atoms with Gasteiger partial charge in [0.2, 0.25) is 10.0 Å². The molecule has 0 unspecified atom stereocenters. The van der Waals surface area contributed by atoms with Crippen molar-refractivity contribution in [2.75, 3.05) is 4.72 Å². The van der Waals surface area contributed by atoms with Crippen LogP contribution in [0.1, 0.15) is 50.1 Å². The summed E-state index contributed by atoms with van der Waals surface area (Å²) in [4.78, 5) is 8.32. The first-order chi connectivity index (χ1) is 17.5. The number of rotatable bonds is 7. The first kappa shape index (κ1) is 22.6. The zero-order chi connectivity index (χ0) is 24.7. The van der Waals surface area contributed by atoms with Gasteiger partial charge in [-0.05, 0) is 68.0 Å². The Labute approximate surface area is 210 Å². The molecule has 0 radical (unpaired) electrons. The minimum atomic E-state index is -3.35. The predicted octanol–water partition coefficient (Wildman–Crippen LogP) is 5.89. The average molecular weight is 499 g/mol. The number of sulfonamides is 1. The fourth-order valence-electron chi connectivity index (χ4n) is 4.88. The molecule has 7 nitrogen and oxygen atoms in total. The number of hydrogen-bond donors (Lipinski definition) is 1. The minimum Gasteiger partial charge on any atom is -0.424 e.